The van der Waals surface area contributed by atoms with Crippen molar-refractivity contribution in [2.45, 2.75) is 79.1 Å². The van der Waals surface area contributed by atoms with Gasteiger partial charge in [-0.25, -0.2) is 0 Å². The van der Waals surface area contributed by atoms with Gasteiger partial charge in [0.2, 0.25) is 0 Å². The Hall–Kier alpha value is -0.393. The molecule has 0 aliphatic rings. The first-order valence-electron chi connectivity index (χ1n) is 8.61. The first-order chi connectivity index (χ1) is 10.2. The Bertz CT molecular complexity index is 313. The smallest absolute Gasteiger partial charge is 0.311 e. The zero-order chi connectivity index (χ0) is 17.4. The van der Waals surface area contributed by atoms with Gasteiger partial charge in [-0.2, -0.15) is 0 Å². The van der Waals surface area contributed by atoms with Crippen molar-refractivity contribution in [3.8, 4) is 0 Å². The van der Waals surface area contributed by atoms with Crippen LogP contribution in [0.1, 0.15) is 54.9 Å². The maximum absolute atomic E-state index is 11.9. The molecule has 5 heteroatoms. The second-order valence-corrected chi connectivity index (χ2v) is 12.0. The minimum absolute atomic E-state index is 0.0377. The molecule has 0 bridgehead atoms. The standard InChI is InChI=1S/C17H36O4Si/c1-8-22(9-2,10-3)21-15(11-12-18)14(4)13-20-16(19)17(5,6)7/h14-15,18H,8-13H2,1-7H3/t14?,15-/m0/s1. The molecule has 4 nitrogen and oxygen atoms in total. The Morgan fingerprint density at radius 2 is 1.64 bits per heavy atom. The van der Waals surface area contributed by atoms with Gasteiger partial charge in [0.25, 0.3) is 0 Å². The van der Waals surface area contributed by atoms with Gasteiger partial charge in [0, 0.05) is 12.5 Å². The van der Waals surface area contributed by atoms with Crippen LogP contribution in [-0.4, -0.2) is 38.7 Å². The molecule has 0 radical (unpaired) electrons. The highest BCUT2D eigenvalue weighted by molar-refractivity contribution is 6.73. The third-order valence-electron chi connectivity index (χ3n) is 4.47. The molecule has 132 valence electrons. The Morgan fingerprint density at radius 3 is 2.00 bits per heavy atom. The van der Waals surface area contributed by atoms with E-state index < -0.39 is 13.7 Å². The maximum Gasteiger partial charge on any atom is 0.311 e. The third kappa shape index (κ3) is 6.80. The lowest BCUT2D eigenvalue weighted by Crippen LogP contribution is -2.43. The van der Waals surface area contributed by atoms with Gasteiger partial charge in [-0.3, -0.25) is 4.79 Å². The number of ether oxygens (including phenoxy) is 1. The number of carbonyl (C=O) groups is 1. The van der Waals surface area contributed by atoms with Crippen LogP contribution < -0.4 is 0 Å². The lowest BCUT2D eigenvalue weighted by molar-refractivity contribution is -0.155. The molecule has 0 spiro atoms. The highest BCUT2D eigenvalue weighted by Crippen LogP contribution is 2.27. The lowest BCUT2D eigenvalue weighted by atomic mass is 9.97. The Labute approximate surface area is 137 Å². The van der Waals surface area contributed by atoms with E-state index in [4.69, 9.17) is 9.16 Å². The molecule has 0 amide bonds. The van der Waals surface area contributed by atoms with Gasteiger partial charge < -0.3 is 14.3 Å². The number of carbonyl (C=O) groups excluding carboxylic acids is 1. The fourth-order valence-electron chi connectivity index (χ4n) is 2.44. The minimum Gasteiger partial charge on any atom is -0.465 e. The summed E-state index contributed by atoms with van der Waals surface area (Å²) in [7, 11) is -1.72. The maximum atomic E-state index is 11.9. The molecule has 0 heterocycles. The zero-order valence-corrected chi connectivity index (χ0v) is 16.6. The van der Waals surface area contributed by atoms with Crippen LogP contribution in [0.4, 0.5) is 0 Å². The summed E-state index contributed by atoms with van der Waals surface area (Å²) in [5.74, 6) is -0.0953. The van der Waals surface area contributed by atoms with Gasteiger partial charge in [-0.15, -0.1) is 0 Å². The molecule has 1 N–H and O–H groups in total. The van der Waals surface area contributed by atoms with Crippen LogP contribution in [-0.2, 0) is 14.0 Å². The van der Waals surface area contributed by atoms with E-state index in [2.05, 4.69) is 20.8 Å². The molecule has 0 aliphatic heterocycles. The number of rotatable bonds is 10. The van der Waals surface area contributed by atoms with E-state index in [1.54, 1.807) is 0 Å². The van der Waals surface area contributed by atoms with Gasteiger partial charge in [-0.1, -0.05) is 27.7 Å². The Balaban J connectivity index is 4.76. The quantitative estimate of drug-likeness (QED) is 0.485. The molecule has 0 aliphatic carbocycles. The Kier molecular flexibility index (Phi) is 9.51. The molecule has 0 saturated carbocycles. The van der Waals surface area contributed by atoms with Crippen molar-refractivity contribution in [1.29, 1.82) is 0 Å². The van der Waals surface area contributed by atoms with Crippen LogP contribution in [0, 0.1) is 11.3 Å². The second-order valence-electron chi connectivity index (χ2n) is 7.24. The summed E-state index contributed by atoms with van der Waals surface area (Å²) in [4.78, 5) is 11.9. The summed E-state index contributed by atoms with van der Waals surface area (Å²) < 4.78 is 11.9. The van der Waals surface area contributed by atoms with Gasteiger partial charge in [0.1, 0.15) is 0 Å². The normalized spacial score (nSPS) is 15.5. The fraction of sp³-hybridized carbons (Fsp3) is 0.941. The van der Waals surface area contributed by atoms with Crippen LogP contribution >= 0.6 is 0 Å². The van der Waals surface area contributed by atoms with Crippen LogP contribution in [0.15, 0.2) is 0 Å². The Morgan fingerprint density at radius 1 is 1.14 bits per heavy atom. The van der Waals surface area contributed by atoms with E-state index in [1.807, 2.05) is 27.7 Å². The predicted molar refractivity (Wildman–Crippen MR) is 93.4 cm³/mol. The first-order valence-corrected chi connectivity index (χ1v) is 11.1. The van der Waals surface area contributed by atoms with Crippen molar-refractivity contribution in [3.63, 3.8) is 0 Å². The molecule has 22 heavy (non-hydrogen) atoms. The van der Waals surface area contributed by atoms with Crippen molar-refractivity contribution in [3.05, 3.63) is 0 Å². The molecular formula is C17H36O4Si. The molecule has 0 aromatic heterocycles. The second kappa shape index (κ2) is 9.68. The van der Waals surface area contributed by atoms with Crippen molar-refractivity contribution >= 4 is 14.3 Å². The van der Waals surface area contributed by atoms with Gasteiger partial charge in [0.05, 0.1) is 18.1 Å². The summed E-state index contributed by atoms with van der Waals surface area (Å²) in [6, 6.07) is 3.24. The average Bonchev–Trinajstić information content (AvgIpc) is 2.48. The minimum atomic E-state index is -1.72. The molecule has 0 fully saturated rings. The lowest BCUT2D eigenvalue weighted by Gasteiger charge is -2.36. The largest absolute Gasteiger partial charge is 0.465 e. The molecule has 0 rings (SSSR count). The zero-order valence-electron chi connectivity index (χ0n) is 15.6. The number of hydrogen-bond donors (Lipinski definition) is 1. The van der Waals surface area contributed by atoms with Gasteiger partial charge in [0.15, 0.2) is 8.32 Å². The van der Waals surface area contributed by atoms with E-state index >= 15 is 0 Å². The van der Waals surface area contributed by atoms with Crippen molar-refractivity contribution in [2.75, 3.05) is 13.2 Å². The summed E-state index contributed by atoms with van der Waals surface area (Å²) in [5, 5.41) is 9.33. The van der Waals surface area contributed by atoms with Gasteiger partial charge in [-0.05, 0) is 45.3 Å². The summed E-state index contributed by atoms with van der Waals surface area (Å²) >= 11 is 0. The fourth-order valence-corrected chi connectivity index (χ4v) is 5.43. The summed E-state index contributed by atoms with van der Waals surface area (Å²) in [6.45, 7) is 14.6. The van der Waals surface area contributed by atoms with Crippen LogP contribution in [0.3, 0.4) is 0 Å². The topological polar surface area (TPSA) is 55.8 Å². The van der Waals surface area contributed by atoms with Crippen LogP contribution in [0.25, 0.3) is 0 Å². The average molecular weight is 333 g/mol. The van der Waals surface area contributed by atoms with E-state index in [9.17, 15) is 9.90 Å². The predicted octanol–water partition coefficient (Wildman–Crippen LogP) is 3.98. The first kappa shape index (κ1) is 21.6. The van der Waals surface area contributed by atoms with Gasteiger partial charge >= 0.3 is 5.97 Å². The van der Waals surface area contributed by atoms with Crippen molar-refractivity contribution in [1.82, 2.24) is 0 Å². The van der Waals surface area contributed by atoms with Crippen LogP contribution in [0.5, 0.6) is 0 Å². The molecule has 0 aromatic rings. The van der Waals surface area contributed by atoms with E-state index in [0.717, 1.165) is 18.1 Å². The van der Waals surface area contributed by atoms with Crippen LogP contribution in [0.2, 0.25) is 18.1 Å². The third-order valence-corrected chi connectivity index (χ3v) is 9.14. The van der Waals surface area contributed by atoms with E-state index in [0.29, 0.717) is 13.0 Å². The highest BCUT2D eigenvalue weighted by Gasteiger charge is 2.34. The molecular weight excluding hydrogens is 296 g/mol. The number of esters is 1. The van der Waals surface area contributed by atoms with E-state index in [-0.39, 0.29) is 24.6 Å². The number of aliphatic hydroxyl groups is 1. The van der Waals surface area contributed by atoms with Crippen molar-refractivity contribution in [2.24, 2.45) is 11.3 Å². The van der Waals surface area contributed by atoms with Crippen molar-refractivity contribution < 1.29 is 19.1 Å². The monoisotopic (exact) mass is 332 g/mol. The SMILES string of the molecule is CC[Si](CC)(CC)O[C@@H](CCO)C(C)COC(=O)C(C)(C)C. The molecule has 1 unspecified atom stereocenters. The molecule has 2 atom stereocenters. The highest BCUT2D eigenvalue weighted by atomic mass is 28.4. The summed E-state index contributed by atoms with van der Waals surface area (Å²) in [6.07, 6.45) is 0.562. The summed E-state index contributed by atoms with van der Waals surface area (Å²) in [5.41, 5.74) is -0.484. The number of aliphatic hydroxyl groups excluding tert-OH is 1. The molecule has 0 saturated heterocycles. The molecule has 0 aromatic carbocycles. The van der Waals surface area contributed by atoms with E-state index in [1.165, 1.54) is 0 Å². The number of hydrogen-bond acceptors (Lipinski definition) is 4.